The van der Waals surface area contributed by atoms with Crippen molar-refractivity contribution in [1.29, 1.82) is 0 Å². The average Bonchev–Trinajstić information content (AvgIpc) is 1.31. The number of sulfonamides is 1. The van der Waals surface area contributed by atoms with E-state index in [0.29, 0.717) is 87.1 Å². The SMILES string of the molecule is C[C@@]1(CN2CCC(CC#Cc3ccc4c(c3)CN(C3CCC(=O)NC3=O)C4=O)CC2)CCC(c2ccc(Cl)cc2)=C(CN2CCN(c3ccc(C(=O)NS(=O)(=O)c4ccc(N[C@H](CCN5CCCOCC5)CSc5ccccc5)c(S(=O)(=O)C(F)(F)F)c4)cc3)CC2)C1. The number of anilines is 2. The topological polar surface area (TPSA) is 198 Å². The summed E-state index contributed by atoms with van der Waals surface area (Å²) in [4.78, 5) is 60.9. The summed E-state index contributed by atoms with van der Waals surface area (Å²) in [5.74, 6) is 5.61. The summed E-state index contributed by atoms with van der Waals surface area (Å²) in [5.41, 5.74) is 0.909. The van der Waals surface area contributed by atoms with Crippen molar-refractivity contribution < 1.29 is 53.9 Å². The van der Waals surface area contributed by atoms with Crippen LogP contribution in [0.3, 0.4) is 0 Å². The lowest BCUT2D eigenvalue weighted by Gasteiger charge is -2.44. The minimum Gasteiger partial charge on any atom is -0.380 e. The average molecular weight is 1350 g/mol. The molecule has 4 amide bonds. The second kappa shape index (κ2) is 29.5. The zero-order chi connectivity index (χ0) is 65.5. The highest BCUT2D eigenvalue weighted by Gasteiger charge is 2.49. The molecule has 0 saturated carbocycles. The van der Waals surface area contributed by atoms with Crippen LogP contribution in [0.2, 0.25) is 5.02 Å². The molecule has 5 heterocycles. The molecule has 0 bridgehead atoms. The molecule has 4 fully saturated rings. The maximum atomic E-state index is 14.4. The standard InChI is InChI=1S/C69H78ClF3N8O9S3/c1-68(47-79-31-26-48(27-32-79)7-5-8-49-11-21-60-52(41-49)45-81(67(60)85)62-23-24-64(82)75-66(62)84)29-25-59(50-12-16-54(70)17-13-50)53(43-68)44-78-34-36-80(37-35-78)56-18-14-51(15-19-56)65(83)76-93(88,89)58-20-22-61(63(42-58)92(86,87)69(71,72)73)74-55(46-91-57-9-3-2-4-10-57)28-33-77-30-6-39-90-40-38-77/h2-4,9-22,41-42,48,55,62,74H,6-7,23-40,43-47H2,1H3,(H,76,83)(H,75,82,84)/t55-,62?,68-/m1/s1. The second-order valence-electron chi connectivity index (χ2n) is 25.5. The molecule has 1 unspecified atom stereocenters. The third-order valence-electron chi connectivity index (χ3n) is 18.7. The molecule has 0 spiro atoms. The molecule has 494 valence electrons. The number of sulfone groups is 1. The van der Waals surface area contributed by atoms with Crippen LogP contribution < -0.4 is 20.3 Å². The van der Waals surface area contributed by atoms with Crippen molar-refractivity contribution in [2.24, 2.45) is 11.3 Å². The minimum absolute atomic E-state index is 0.0229. The fourth-order valence-electron chi connectivity index (χ4n) is 13.6. The van der Waals surface area contributed by atoms with Crippen LogP contribution in [0.1, 0.15) is 109 Å². The predicted molar refractivity (Wildman–Crippen MR) is 354 cm³/mol. The molecule has 17 nitrogen and oxygen atoms in total. The summed E-state index contributed by atoms with van der Waals surface area (Å²) in [7, 11) is -11.0. The highest BCUT2D eigenvalue weighted by molar-refractivity contribution is 7.99. The van der Waals surface area contributed by atoms with E-state index in [1.165, 1.54) is 40.6 Å². The lowest BCUT2D eigenvalue weighted by Crippen LogP contribution is -2.52. The van der Waals surface area contributed by atoms with E-state index < -0.39 is 64.7 Å². The molecule has 6 aliphatic rings. The number of hydrogen-bond acceptors (Lipinski definition) is 15. The number of alkyl halides is 3. The van der Waals surface area contributed by atoms with Gasteiger partial charge in [-0.15, -0.1) is 11.8 Å². The molecule has 4 saturated heterocycles. The Hall–Kier alpha value is -6.75. The quantitative estimate of drug-likeness (QED) is 0.0378. The molecule has 1 aliphatic carbocycles. The third kappa shape index (κ3) is 16.9. The Kier molecular flexibility index (Phi) is 21.5. The molecule has 0 aromatic heterocycles. The molecule has 5 aromatic carbocycles. The molecular weight excluding hydrogens is 1270 g/mol. The molecule has 5 aliphatic heterocycles. The summed E-state index contributed by atoms with van der Waals surface area (Å²) in [6.45, 7) is 12.6. The number of piperazine rings is 1. The number of likely N-dealkylation sites (tertiary alicyclic amines) is 1. The van der Waals surface area contributed by atoms with Crippen LogP contribution in [-0.4, -0.2) is 169 Å². The zero-order valence-corrected chi connectivity index (χ0v) is 55.2. The first-order valence-corrected chi connectivity index (χ1v) is 36.2. The highest BCUT2D eigenvalue weighted by Crippen LogP contribution is 2.45. The van der Waals surface area contributed by atoms with E-state index in [1.807, 2.05) is 59.3 Å². The van der Waals surface area contributed by atoms with Gasteiger partial charge in [-0.2, -0.15) is 13.2 Å². The first-order valence-electron chi connectivity index (χ1n) is 31.9. The molecule has 24 heteroatoms. The van der Waals surface area contributed by atoms with Crippen molar-refractivity contribution in [3.8, 4) is 11.8 Å². The van der Waals surface area contributed by atoms with Gasteiger partial charge in [-0.25, -0.2) is 21.6 Å². The maximum Gasteiger partial charge on any atom is 0.501 e. The van der Waals surface area contributed by atoms with E-state index in [1.54, 1.807) is 23.1 Å². The van der Waals surface area contributed by atoms with E-state index in [4.69, 9.17) is 16.3 Å². The van der Waals surface area contributed by atoms with Crippen LogP contribution in [0, 0.1) is 23.2 Å². The number of nitrogens with zero attached hydrogens (tertiary/aromatic N) is 5. The maximum absolute atomic E-state index is 14.4. The second-order valence-corrected chi connectivity index (χ2v) is 30.6. The fourth-order valence-corrected chi connectivity index (χ4v) is 16.7. The smallest absolute Gasteiger partial charge is 0.380 e. The number of rotatable bonds is 20. The van der Waals surface area contributed by atoms with Crippen molar-refractivity contribution in [2.45, 2.75) is 110 Å². The summed E-state index contributed by atoms with van der Waals surface area (Å²) in [6.07, 6.45) is 7.62. The molecule has 3 N–H and O–H groups in total. The van der Waals surface area contributed by atoms with Crippen LogP contribution in [0.5, 0.6) is 0 Å². The Morgan fingerprint density at radius 3 is 2.31 bits per heavy atom. The number of carbonyl (C=O) groups is 4. The molecule has 5 aromatic rings. The van der Waals surface area contributed by atoms with E-state index in [2.05, 4.69) is 61.1 Å². The van der Waals surface area contributed by atoms with Crippen LogP contribution in [-0.2, 0) is 40.7 Å². The van der Waals surface area contributed by atoms with Crippen molar-refractivity contribution in [3.63, 3.8) is 0 Å². The highest BCUT2D eigenvalue weighted by atomic mass is 35.5. The van der Waals surface area contributed by atoms with Gasteiger partial charge in [-0.3, -0.25) is 29.4 Å². The lowest BCUT2D eigenvalue weighted by atomic mass is 9.71. The largest absolute Gasteiger partial charge is 0.501 e. The van der Waals surface area contributed by atoms with Crippen molar-refractivity contribution >= 4 is 83.8 Å². The Labute approximate surface area is 552 Å². The Bertz CT molecular complexity index is 3890. The Morgan fingerprint density at radius 1 is 0.828 bits per heavy atom. The number of benzene rings is 5. The van der Waals surface area contributed by atoms with Crippen LogP contribution >= 0.6 is 23.4 Å². The van der Waals surface area contributed by atoms with Gasteiger partial charge >= 0.3 is 5.51 Å². The van der Waals surface area contributed by atoms with Gasteiger partial charge in [0.15, 0.2) is 0 Å². The number of halogens is 4. The number of piperidine rings is 2. The molecule has 3 atom stereocenters. The number of fused-ring (bicyclic) bond motifs is 1. The summed E-state index contributed by atoms with van der Waals surface area (Å²) in [6, 6.07) is 30.8. The van der Waals surface area contributed by atoms with Crippen LogP contribution in [0.15, 0.2) is 136 Å². The van der Waals surface area contributed by atoms with Gasteiger partial charge in [0, 0.05) is 129 Å². The molecule has 11 rings (SSSR count). The number of hydrogen-bond donors (Lipinski definition) is 3. The third-order valence-corrected chi connectivity index (χ3v) is 23.0. The summed E-state index contributed by atoms with van der Waals surface area (Å²) in [5, 5.41) is 6.07. The molecule has 0 radical (unpaired) electrons. The van der Waals surface area contributed by atoms with Crippen molar-refractivity contribution in [1.82, 2.24) is 29.6 Å². The number of ether oxygens (including phenoxy) is 1. The van der Waals surface area contributed by atoms with Gasteiger partial charge in [-0.05, 0) is 177 Å². The van der Waals surface area contributed by atoms with E-state index in [9.17, 15) is 49.2 Å². The van der Waals surface area contributed by atoms with E-state index in [-0.39, 0.29) is 29.2 Å². The summed E-state index contributed by atoms with van der Waals surface area (Å²) >= 11 is 7.83. The number of amides is 4. The van der Waals surface area contributed by atoms with Crippen LogP contribution in [0.25, 0.3) is 5.57 Å². The zero-order valence-electron chi connectivity index (χ0n) is 52.0. The van der Waals surface area contributed by atoms with Crippen molar-refractivity contribution in [2.75, 3.05) is 101 Å². The monoisotopic (exact) mass is 1350 g/mol. The fraction of sp³-hybridized carbons (Fsp3) is 0.449. The van der Waals surface area contributed by atoms with Gasteiger partial charge in [-0.1, -0.05) is 66.3 Å². The van der Waals surface area contributed by atoms with E-state index >= 15 is 0 Å². The number of nitrogens with one attached hydrogen (secondary N) is 3. The molecule has 93 heavy (non-hydrogen) atoms. The van der Waals surface area contributed by atoms with Gasteiger partial charge in [0.05, 0.1) is 17.2 Å². The minimum atomic E-state index is -6.10. The first-order chi connectivity index (χ1) is 44.6. The number of thioether (sulfide) groups is 1. The predicted octanol–water partition coefficient (Wildman–Crippen LogP) is 10.1. The molecular formula is C69H78ClF3N8O9S3. The number of allylic oxidation sites excluding steroid dienone is 1. The Balaban J connectivity index is 0.684. The van der Waals surface area contributed by atoms with Crippen LogP contribution in [0.4, 0.5) is 24.5 Å². The van der Waals surface area contributed by atoms with E-state index in [0.717, 1.165) is 125 Å². The van der Waals surface area contributed by atoms with Gasteiger partial charge < -0.3 is 29.7 Å². The first kappa shape index (κ1) is 67.7. The van der Waals surface area contributed by atoms with Gasteiger partial charge in [0.2, 0.25) is 11.8 Å². The van der Waals surface area contributed by atoms with Gasteiger partial charge in [0.1, 0.15) is 10.9 Å². The Morgan fingerprint density at radius 2 is 1.58 bits per heavy atom. The van der Waals surface area contributed by atoms with Crippen molar-refractivity contribution in [3.05, 3.63) is 154 Å². The number of imide groups is 1. The normalized spacial score (nSPS) is 21.2. The lowest BCUT2D eigenvalue weighted by molar-refractivity contribution is -0.136. The summed E-state index contributed by atoms with van der Waals surface area (Å²) < 4.78 is 105. The number of carbonyl (C=O) groups excluding carboxylic acids is 4. The van der Waals surface area contributed by atoms with Gasteiger partial charge in [0.25, 0.3) is 31.7 Å².